The van der Waals surface area contributed by atoms with E-state index in [4.69, 9.17) is 17.3 Å². The Labute approximate surface area is 121 Å². The summed E-state index contributed by atoms with van der Waals surface area (Å²) in [6, 6.07) is 6.26. The molecule has 7 heteroatoms. The molecule has 1 aromatic rings. The van der Waals surface area contributed by atoms with E-state index < -0.39 is 17.8 Å². The molecule has 0 saturated carbocycles. The summed E-state index contributed by atoms with van der Waals surface area (Å²) in [6.45, 7) is -0.532. The van der Waals surface area contributed by atoms with E-state index in [2.05, 4.69) is 11.2 Å². The average molecular weight is 289 g/mol. The lowest BCUT2D eigenvalue weighted by Crippen LogP contribution is -2.37. The number of primary amides is 1. The maximum absolute atomic E-state index is 11.9. The number of hydrogen-bond acceptors (Lipinski definition) is 4. The molecule has 0 aliphatic carbocycles. The highest BCUT2D eigenvalue weighted by atomic mass is 16.4. The summed E-state index contributed by atoms with van der Waals surface area (Å²) in [5.41, 5.74) is 5.64. The number of carboxylic acid groups (broad SMARTS) is 1. The number of aliphatic carboxylic acids is 1. The summed E-state index contributed by atoms with van der Waals surface area (Å²) in [5, 5.41) is 11.2. The molecule has 1 aromatic carbocycles. The van der Waals surface area contributed by atoms with Gasteiger partial charge in [-0.25, -0.2) is 0 Å². The van der Waals surface area contributed by atoms with E-state index in [9.17, 15) is 14.4 Å². The standard InChI is InChI=1S/C14H15N3O4/c1-2-7-17(9-13(19)20)8-12(18)16-11-6-4-3-5-10(11)14(15)21/h1,3-6H,7-9H2,(H2,15,21)(H,16,18)(H,19,20). The van der Waals surface area contributed by atoms with Gasteiger partial charge in [0.15, 0.2) is 0 Å². The van der Waals surface area contributed by atoms with Crippen LogP contribution in [-0.4, -0.2) is 47.4 Å². The van der Waals surface area contributed by atoms with Gasteiger partial charge in [0.05, 0.1) is 30.9 Å². The lowest BCUT2D eigenvalue weighted by atomic mass is 10.1. The van der Waals surface area contributed by atoms with Crippen molar-refractivity contribution in [1.29, 1.82) is 0 Å². The van der Waals surface area contributed by atoms with Crippen LogP contribution in [0.1, 0.15) is 10.4 Å². The van der Waals surface area contributed by atoms with Crippen molar-refractivity contribution in [2.24, 2.45) is 5.73 Å². The number of carbonyl (C=O) groups is 3. The van der Waals surface area contributed by atoms with E-state index in [0.29, 0.717) is 0 Å². The summed E-state index contributed by atoms with van der Waals surface area (Å²) < 4.78 is 0. The van der Waals surface area contributed by atoms with Gasteiger partial charge in [0, 0.05) is 0 Å². The van der Waals surface area contributed by atoms with E-state index in [-0.39, 0.29) is 30.9 Å². The first kappa shape index (κ1) is 16.2. The van der Waals surface area contributed by atoms with E-state index in [1.165, 1.54) is 17.0 Å². The molecule has 0 aliphatic rings. The van der Waals surface area contributed by atoms with Gasteiger partial charge in [-0.3, -0.25) is 19.3 Å². The zero-order chi connectivity index (χ0) is 15.8. The molecule has 21 heavy (non-hydrogen) atoms. The third kappa shape index (κ3) is 5.34. The largest absolute Gasteiger partial charge is 0.480 e. The number of nitrogens with two attached hydrogens (primary N) is 1. The number of rotatable bonds is 7. The Morgan fingerprint density at radius 2 is 1.95 bits per heavy atom. The normalized spacial score (nSPS) is 9.90. The Morgan fingerprint density at radius 3 is 2.52 bits per heavy atom. The van der Waals surface area contributed by atoms with Crippen LogP contribution < -0.4 is 11.1 Å². The SMILES string of the molecule is C#CCN(CC(=O)O)CC(=O)Nc1ccccc1C(N)=O. The number of para-hydroxylation sites is 1. The van der Waals surface area contributed by atoms with Crippen molar-refractivity contribution in [3.8, 4) is 12.3 Å². The number of anilines is 1. The van der Waals surface area contributed by atoms with Crippen molar-refractivity contribution >= 4 is 23.5 Å². The molecular formula is C14H15N3O4. The van der Waals surface area contributed by atoms with Gasteiger partial charge in [-0.05, 0) is 12.1 Å². The van der Waals surface area contributed by atoms with Gasteiger partial charge in [-0.1, -0.05) is 18.1 Å². The average Bonchev–Trinajstić information content (AvgIpc) is 2.38. The van der Waals surface area contributed by atoms with Gasteiger partial charge in [0.25, 0.3) is 5.91 Å². The second-order valence-electron chi connectivity index (χ2n) is 4.20. The molecule has 0 spiro atoms. The second kappa shape index (κ2) is 7.67. The van der Waals surface area contributed by atoms with Crippen molar-refractivity contribution in [2.45, 2.75) is 0 Å². The smallest absolute Gasteiger partial charge is 0.317 e. The maximum atomic E-state index is 11.9. The highest BCUT2D eigenvalue weighted by Crippen LogP contribution is 2.14. The second-order valence-corrected chi connectivity index (χ2v) is 4.20. The number of carboxylic acids is 1. The molecule has 0 fully saturated rings. The molecule has 2 amide bonds. The molecule has 4 N–H and O–H groups in total. The molecule has 0 atom stereocenters. The number of terminal acetylenes is 1. The molecule has 0 aliphatic heterocycles. The lowest BCUT2D eigenvalue weighted by Gasteiger charge is -2.17. The van der Waals surface area contributed by atoms with Crippen LogP contribution in [0, 0.1) is 12.3 Å². The number of nitrogens with zero attached hydrogens (tertiary/aromatic N) is 1. The Kier molecular flexibility index (Phi) is 5.92. The van der Waals surface area contributed by atoms with Gasteiger partial charge >= 0.3 is 5.97 Å². The van der Waals surface area contributed by atoms with E-state index in [1.807, 2.05) is 0 Å². The molecule has 0 aromatic heterocycles. The zero-order valence-electron chi connectivity index (χ0n) is 11.2. The van der Waals surface area contributed by atoms with Crippen LogP contribution in [-0.2, 0) is 9.59 Å². The zero-order valence-corrected chi connectivity index (χ0v) is 11.2. The summed E-state index contributed by atoms with van der Waals surface area (Å²) in [4.78, 5) is 35.1. The number of nitrogens with one attached hydrogen (secondary N) is 1. The van der Waals surface area contributed by atoms with Crippen LogP contribution in [0.5, 0.6) is 0 Å². The van der Waals surface area contributed by atoms with Crippen LogP contribution >= 0.6 is 0 Å². The van der Waals surface area contributed by atoms with E-state index in [1.54, 1.807) is 12.1 Å². The number of benzene rings is 1. The Morgan fingerprint density at radius 1 is 1.29 bits per heavy atom. The molecule has 110 valence electrons. The Bertz CT molecular complexity index is 592. The van der Waals surface area contributed by atoms with Crippen molar-refractivity contribution in [3.63, 3.8) is 0 Å². The highest BCUT2D eigenvalue weighted by molar-refractivity contribution is 6.03. The van der Waals surface area contributed by atoms with Crippen molar-refractivity contribution in [1.82, 2.24) is 4.90 Å². The third-order valence-corrected chi connectivity index (χ3v) is 2.51. The minimum atomic E-state index is -1.09. The summed E-state index contributed by atoms with van der Waals surface area (Å²) >= 11 is 0. The minimum absolute atomic E-state index is 0.0250. The van der Waals surface area contributed by atoms with Crippen LogP contribution in [0.2, 0.25) is 0 Å². The van der Waals surface area contributed by atoms with Crippen LogP contribution in [0.15, 0.2) is 24.3 Å². The van der Waals surface area contributed by atoms with Gasteiger partial charge in [-0.15, -0.1) is 6.42 Å². The summed E-state index contributed by atoms with van der Waals surface area (Å²) in [6.07, 6.45) is 5.12. The summed E-state index contributed by atoms with van der Waals surface area (Å²) in [5.74, 6) is 0.0376. The van der Waals surface area contributed by atoms with Crippen LogP contribution in [0.4, 0.5) is 5.69 Å². The third-order valence-electron chi connectivity index (χ3n) is 2.51. The minimum Gasteiger partial charge on any atom is -0.480 e. The molecule has 7 nitrogen and oxygen atoms in total. The lowest BCUT2D eigenvalue weighted by molar-refractivity contribution is -0.138. The van der Waals surface area contributed by atoms with Crippen molar-refractivity contribution in [2.75, 3.05) is 25.0 Å². The quantitative estimate of drug-likeness (QED) is 0.599. The number of carbonyl (C=O) groups excluding carboxylic acids is 2. The number of amides is 2. The fourth-order valence-electron chi connectivity index (χ4n) is 1.69. The number of hydrogen-bond donors (Lipinski definition) is 3. The monoisotopic (exact) mass is 289 g/mol. The van der Waals surface area contributed by atoms with Gasteiger partial charge < -0.3 is 16.2 Å². The van der Waals surface area contributed by atoms with Gasteiger partial charge in [-0.2, -0.15) is 0 Å². The highest BCUT2D eigenvalue weighted by Gasteiger charge is 2.15. The first-order valence-corrected chi connectivity index (χ1v) is 6.00. The maximum Gasteiger partial charge on any atom is 0.317 e. The predicted octanol–water partition coefficient (Wildman–Crippen LogP) is -0.256. The van der Waals surface area contributed by atoms with Crippen LogP contribution in [0.3, 0.4) is 0 Å². The molecule has 0 saturated heterocycles. The molecule has 0 heterocycles. The molecule has 0 bridgehead atoms. The predicted molar refractivity (Wildman–Crippen MR) is 76.5 cm³/mol. The van der Waals surface area contributed by atoms with Gasteiger partial charge in [0.1, 0.15) is 0 Å². The topological polar surface area (TPSA) is 113 Å². The Hall–Kier alpha value is -2.85. The fraction of sp³-hybridized carbons (Fsp3) is 0.214. The first-order valence-electron chi connectivity index (χ1n) is 6.00. The van der Waals surface area contributed by atoms with Crippen molar-refractivity contribution in [3.05, 3.63) is 29.8 Å². The summed E-state index contributed by atoms with van der Waals surface area (Å²) in [7, 11) is 0. The molecular weight excluding hydrogens is 274 g/mol. The van der Waals surface area contributed by atoms with Crippen molar-refractivity contribution < 1.29 is 19.5 Å². The van der Waals surface area contributed by atoms with E-state index in [0.717, 1.165) is 0 Å². The Balaban J connectivity index is 2.75. The molecule has 0 radical (unpaired) electrons. The van der Waals surface area contributed by atoms with Gasteiger partial charge in [0.2, 0.25) is 5.91 Å². The first-order chi connectivity index (χ1) is 9.93. The molecule has 0 unspecified atom stereocenters. The van der Waals surface area contributed by atoms with E-state index >= 15 is 0 Å². The molecule has 1 rings (SSSR count). The van der Waals surface area contributed by atoms with Crippen LogP contribution in [0.25, 0.3) is 0 Å². The fourth-order valence-corrected chi connectivity index (χ4v) is 1.69.